The monoisotopic (exact) mass is 450 g/mol. The van der Waals surface area contributed by atoms with Crippen molar-refractivity contribution in [1.82, 2.24) is 10.6 Å². The van der Waals surface area contributed by atoms with Crippen molar-refractivity contribution < 1.29 is 9.59 Å². The lowest BCUT2D eigenvalue weighted by atomic mass is 10.2. The zero-order valence-corrected chi connectivity index (χ0v) is 15.8. The van der Waals surface area contributed by atoms with Gasteiger partial charge in [0.2, 0.25) is 11.8 Å². The molecular formula is C13H16Br2N4O2S. The number of amides is 2. The Bertz CT molecular complexity index is 576. The fourth-order valence-electron chi connectivity index (χ4n) is 1.86. The zero-order valence-electron chi connectivity index (χ0n) is 11.8. The topological polar surface area (TPSA) is 96.2 Å². The lowest BCUT2D eigenvalue weighted by Crippen LogP contribution is -2.58. The Morgan fingerprint density at radius 1 is 1.45 bits per heavy atom. The second kappa shape index (κ2) is 7.78. The highest BCUT2D eigenvalue weighted by molar-refractivity contribution is 9.11. The minimum atomic E-state index is -0.377. The highest BCUT2D eigenvalue weighted by atomic mass is 79.9. The van der Waals surface area contributed by atoms with Crippen LogP contribution in [0.15, 0.2) is 21.1 Å². The number of anilines is 1. The summed E-state index contributed by atoms with van der Waals surface area (Å²) in [4.78, 5) is 23.4. The molecule has 1 fully saturated rings. The molecule has 6 nitrogen and oxygen atoms in total. The van der Waals surface area contributed by atoms with Gasteiger partial charge in [0.15, 0.2) is 0 Å². The smallest absolute Gasteiger partial charge is 0.234 e. The number of rotatable bonds is 4. The number of carbonyl (C=O) groups is 2. The highest BCUT2D eigenvalue weighted by Crippen LogP contribution is 2.28. The van der Waals surface area contributed by atoms with E-state index in [9.17, 15) is 9.59 Å². The molecule has 0 aromatic heterocycles. The van der Waals surface area contributed by atoms with E-state index in [0.717, 1.165) is 14.5 Å². The Balaban J connectivity index is 1.87. The third-order valence-corrected chi connectivity index (χ3v) is 5.67. The summed E-state index contributed by atoms with van der Waals surface area (Å²) in [5, 5.41) is 8.56. The fourth-order valence-corrected chi connectivity index (χ4v) is 3.93. The van der Waals surface area contributed by atoms with Gasteiger partial charge in [-0.25, -0.2) is 0 Å². The molecule has 1 aromatic rings. The van der Waals surface area contributed by atoms with Crippen LogP contribution in [-0.4, -0.2) is 29.2 Å². The Kier molecular flexibility index (Phi) is 6.27. The van der Waals surface area contributed by atoms with Gasteiger partial charge >= 0.3 is 0 Å². The van der Waals surface area contributed by atoms with E-state index in [-0.39, 0.29) is 35.7 Å². The van der Waals surface area contributed by atoms with E-state index in [1.54, 1.807) is 0 Å². The van der Waals surface area contributed by atoms with E-state index in [0.29, 0.717) is 5.69 Å². The largest absolute Gasteiger partial charge is 0.332 e. The zero-order chi connectivity index (χ0) is 16.3. The molecule has 9 heteroatoms. The standard InChI is InChI=1S/C13H16Br2N4O2S/c1-6-8(14)2-7(3-9(6)15)17-12(21)5-22-13-18-10(16)4-11(20)19-13/h2-3,10,13,18H,4-5,16H2,1H3,(H,17,21)(H,19,20). The summed E-state index contributed by atoms with van der Waals surface area (Å²) in [5.74, 6) is -0.0632. The molecule has 2 rings (SSSR count). The maximum atomic E-state index is 12.0. The molecule has 1 aliphatic heterocycles. The van der Waals surface area contributed by atoms with Gasteiger partial charge in [0.1, 0.15) is 5.50 Å². The van der Waals surface area contributed by atoms with Crippen molar-refractivity contribution in [3.8, 4) is 0 Å². The second-order valence-electron chi connectivity index (χ2n) is 4.85. The molecule has 0 bridgehead atoms. The van der Waals surface area contributed by atoms with Gasteiger partial charge in [-0.05, 0) is 24.6 Å². The van der Waals surface area contributed by atoms with Crippen LogP contribution in [0.25, 0.3) is 0 Å². The minimum Gasteiger partial charge on any atom is -0.332 e. The van der Waals surface area contributed by atoms with E-state index in [1.165, 1.54) is 11.8 Å². The van der Waals surface area contributed by atoms with Crippen molar-refractivity contribution in [3.63, 3.8) is 0 Å². The van der Waals surface area contributed by atoms with Gasteiger partial charge < -0.3 is 16.4 Å². The van der Waals surface area contributed by atoms with Crippen molar-refractivity contribution in [2.24, 2.45) is 5.73 Å². The molecular weight excluding hydrogens is 436 g/mol. The lowest BCUT2D eigenvalue weighted by molar-refractivity contribution is -0.123. The van der Waals surface area contributed by atoms with Crippen LogP contribution in [0.4, 0.5) is 5.69 Å². The maximum Gasteiger partial charge on any atom is 0.234 e. The van der Waals surface area contributed by atoms with Crippen LogP contribution in [0.1, 0.15) is 12.0 Å². The average molecular weight is 452 g/mol. The number of hydrogen-bond donors (Lipinski definition) is 4. The summed E-state index contributed by atoms with van der Waals surface area (Å²) in [6.07, 6.45) is -0.132. The molecule has 0 radical (unpaired) electrons. The molecule has 1 aromatic carbocycles. The van der Waals surface area contributed by atoms with Gasteiger partial charge in [0.25, 0.3) is 0 Å². The quantitative estimate of drug-likeness (QED) is 0.560. The minimum absolute atomic E-state index is 0.115. The molecule has 2 amide bonds. The van der Waals surface area contributed by atoms with Gasteiger partial charge in [0.05, 0.1) is 18.3 Å². The predicted molar refractivity (Wildman–Crippen MR) is 95.3 cm³/mol. The summed E-state index contributed by atoms with van der Waals surface area (Å²) in [6, 6.07) is 3.69. The molecule has 1 saturated heterocycles. The van der Waals surface area contributed by atoms with Crippen LogP contribution in [-0.2, 0) is 9.59 Å². The molecule has 5 N–H and O–H groups in total. The Morgan fingerprint density at radius 2 is 2.09 bits per heavy atom. The van der Waals surface area contributed by atoms with Gasteiger partial charge in [-0.3, -0.25) is 14.9 Å². The first-order valence-electron chi connectivity index (χ1n) is 6.53. The third-order valence-electron chi connectivity index (χ3n) is 3.01. The first-order chi connectivity index (χ1) is 10.3. The van der Waals surface area contributed by atoms with Crippen LogP contribution in [0.2, 0.25) is 0 Å². The van der Waals surface area contributed by atoms with Gasteiger partial charge in [0, 0.05) is 14.6 Å². The SMILES string of the molecule is Cc1c(Br)cc(NC(=O)CSC2NC(=O)CC(N)N2)cc1Br. The normalized spacial score (nSPS) is 21.4. The highest BCUT2D eigenvalue weighted by Gasteiger charge is 2.23. The number of nitrogens with two attached hydrogens (primary N) is 1. The lowest BCUT2D eigenvalue weighted by Gasteiger charge is -2.28. The predicted octanol–water partition coefficient (Wildman–Crippen LogP) is 1.87. The number of thioether (sulfide) groups is 1. The molecule has 120 valence electrons. The van der Waals surface area contributed by atoms with Gasteiger partial charge in [-0.2, -0.15) is 0 Å². The summed E-state index contributed by atoms with van der Waals surface area (Å²) >= 11 is 8.17. The summed E-state index contributed by atoms with van der Waals surface area (Å²) in [7, 11) is 0. The molecule has 0 saturated carbocycles. The third kappa shape index (κ3) is 4.95. The van der Waals surface area contributed by atoms with E-state index < -0.39 is 0 Å². The van der Waals surface area contributed by atoms with Crippen LogP contribution in [0, 0.1) is 6.92 Å². The van der Waals surface area contributed by atoms with E-state index >= 15 is 0 Å². The number of hydrogen-bond acceptors (Lipinski definition) is 5. The maximum absolute atomic E-state index is 12.0. The van der Waals surface area contributed by atoms with E-state index in [2.05, 4.69) is 47.8 Å². The van der Waals surface area contributed by atoms with Crippen LogP contribution in [0.3, 0.4) is 0 Å². The van der Waals surface area contributed by atoms with Crippen molar-refractivity contribution in [2.45, 2.75) is 25.0 Å². The molecule has 1 heterocycles. The van der Waals surface area contributed by atoms with E-state index in [1.807, 2.05) is 19.1 Å². The second-order valence-corrected chi connectivity index (χ2v) is 7.65. The Morgan fingerprint density at radius 3 is 2.68 bits per heavy atom. The van der Waals surface area contributed by atoms with Crippen molar-refractivity contribution in [3.05, 3.63) is 26.6 Å². The van der Waals surface area contributed by atoms with Crippen LogP contribution < -0.4 is 21.7 Å². The molecule has 22 heavy (non-hydrogen) atoms. The van der Waals surface area contributed by atoms with Gasteiger partial charge in [-0.15, -0.1) is 11.8 Å². The van der Waals surface area contributed by atoms with E-state index in [4.69, 9.17) is 5.73 Å². The van der Waals surface area contributed by atoms with Crippen LogP contribution >= 0.6 is 43.6 Å². The van der Waals surface area contributed by atoms with Crippen molar-refractivity contribution >= 4 is 61.1 Å². The Hall–Kier alpha value is -0.610. The van der Waals surface area contributed by atoms with Gasteiger partial charge in [-0.1, -0.05) is 31.9 Å². The molecule has 0 aliphatic carbocycles. The summed E-state index contributed by atoms with van der Waals surface area (Å²) in [6.45, 7) is 1.97. The first-order valence-corrected chi connectivity index (χ1v) is 9.16. The molecule has 2 atom stereocenters. The molecule has 2 unspecified atom stereocenters. The van der Waals surface area contributed by atoms with Crippen molar-refractivity contribution in [2.75, 3.05) is 11.1 Å². The van der Waals surface area contributed by atoms with Crippen LogP contribution in [0.5, 0.6) is 0 Å². The molecule has 0 spiro atoms. The first kappa shape index (κ1) is 17.7. The number of nitrogens with one attached hydrogen (secondary N) is 3. The number of benzene rings is 1. The Labute approximate surface area is 149 Å². The fraction of sp³-hybridized carbons (Fsp3) is 0.385. The summed E-state index contributed by atoms with van der Waals surface area (Å²) in [5.41, 5.74) is 7.11. The molecule has 1 aliphatic rings. The summed E-state index contributed by atoms with van der Waals surface area (Å²) < 4.78 is 1.83. The number of halogens is 2. The average Bonchev–Trinajstić information content (AvgIpc) is 2.41. The van der Waals surface area contributed by atoms with Crippen molar-refractivity contribution in [1.29, 1.82) is 0 Å². The number of carbonyl (C=O) groups excluding carboxylic acids is 2.